The summed E-state index contributed by atoms with van der Waals surface area (Å²) in [6.07, 6.45) is 0.756. The zero-order valence-corrected chi connectivity index (χ0v) is 14.8. The third-order valence-electron chi connectivity index (χ3n) is 3.30. The normalized spacial score (nSPS) is 9.72. The van der Waals surface area contributed by atoms with Crippen LogP contribution in [-0.4, -0.2) is 41.9 Å². The van der Waals surface area contributed by atoms with Crippen LogP contribution < -0.4 is 20.8 Å². The number of hydrogen-bond donors (Lipinski definition) is 3. The van der Waals surface area contributed by atoms with Crippen LogP contribution in [0.3, 0.4) is 0 Å². The van der Waals surface area contributed by atoms with E-state index in [-0.39, 0.29) is 12.0 Å². The lowest BCUT2D eigenvalue weighted by molar-refractivity contribution is -0.122. The van der Waals surface area contributed by atoms with Gasteiger partial charge in [0.2, 0.25) is 0 Å². The molecule has 0 unspecified atom stereocenters. The van der Waals surface area contributed by atoms with E-state index >= 15 is 0 Å². The second-order valence-corrected chi connectivity index (χ2v) is 5.18. The van der Waals surface area contributed by atoms with Gasteiger partial charge in [-0.3, -0.25) is 14.6 Å². The molecular weight excluding hydrogens is 346 g/mol. The van der Waals surface area contributed by atoms with Crippen LogP contribution in [0.15, 0.2) is 29.1 Å². The Bertz CT molecular complexity index is 816. The fourth-order valence-corrected chi connectivity index (χ4v) is 2.52. The molecule has 25 heavy (non-hydrogen) atoms. The maximum absolute atomic E-state index is 11.8. The summed E-state index contributed by atoms with van der Waals surface area (Å²) in [7, 11) is 3.16. The van der Waals surface area contributed by atoms with Crippen molar-refractivity contribution >= 4 is 18.7 Å². The van der Waals surface area contributed by atoms with E-state index in [0.29, 0.717) is 35.1 Å². The van der Waals surface area contributed by atoms with Crippen LogP contribution >= 0.6 is 12.2 Å². The highest BCUT2D eigenvalue weighted by Crippen LogP contribution is 2.32. The number of nitrogens with two attached hydrogens (primary N) is 1. The van der Waals surface area contributed by atoms with Gasteiger partial charge in [-0.1, -0.05) is 0 Å². The number of hydrogen-bond acceptors (Lipinski definition) is 6. The van der Waals surface area contributed by atoms with Crippen molar-refractivity contribution in [3.05, 3.63) is 39.4 Å². The van der Waals surface area contributed by atoms with E-state index in [1.165, 1.54) is 6.07 Å². The molecule has 0 aliphatic carbocycles. The Morgan fingerprint density at radius 1 is 1.32 bits per heavy atom. The third kappa shape index (κ3) is 5.44. The Hall–Kier alpha value is -2.65. The molecule has 1 heterocycles. The van der Waals surface area contributed by atoms with Gasteiger partial charge in [-0.25, -0.2) is 0 Å². The highest BCUT2D eigenvalue weighted by molar-refractivity contribution is 7.71. The second kappa shape index (κ2) is 10.3. The van der Waals surface area contributed by atoms with Crippen LogP contribution in [0, 0.1) is 4.77 Å². The molecule has 1 aromatic carbocycles. The van der Waals surface area contributed by atoms with Gasteiger partial charge in [0.05, 0.1) is 19.9 Å². The minimum Gasteiger partial charge on any atom is -0.497 e. The molecule has 0 amide bonds. The van der Waals surface area contributed by atoms with E-state index in [4.69, 9.17) is 37.3 Å². The SMILES string of the molecule is COc1ccc(-c2cc(=O)[nH]c(=S)n2CCCN)c(OC)c1.O=CO. The molecule has 2 aromatic rings. The van der Waals surface area contributed by atoms with Crippen molar-refractivity contribution in [2.45, 2.75) is 13.0 Å². The smallest absolute Gasteiger partial charge is 0.290 e. The third-order valence-corrected chi connectivity index (χ3v) is 3.63. The Balaban J connectivity index is 0.000000970. The molecule has 4 N–H and O–H groups in total. The number of rotatable bonds is 6. The highest BCUT2D eigenvalue weighted by atomic mass is 32.1. The molecule has 9 heteroatoms. The van der Waals surface area contributed by atoms with Crippen molar-refractivity contribution in [1.82, 2.24) is 9.55 Å². The van der Waals surface area contributed by atoms with Gasteiger partial charge >= 0.3 is 0 Å². The summed E-state index contributed by atoms with van der Waals surface area (Å²) in [4.78, 5) is 22.8. The van der Waals surface area contributed by atoms with Crippen molar-refractivity contribution in [3.8, 4) is 22.8 Å². The zero-order chi connectivity index (χ0) is 18.8. The summed E-state index contributed by atoms with van der Waals surface area (Å²) in [5.74, 6) is 1.29. The minimum absolute atomic E-state index is 0.248. The monoisotopic (exact) mass is 367 g/mol. The number of H-pyrrole nitrogens is 1. The average molecular weight is 367 g/mol. The molecule has 0 saturated carbocycles. The Kier molecular flexibility index (Phi) is 8.37. The van der Waals surface area contributed by atoms with E-state index < -0.39 is 0 Å². The van der Waals surface area contributed by atoms with Crippen LogP contribution in [0.2, 0.25) is 0 Å². The van der Waals surface area contributed by atoms with Crippen LogP contribution in [-0.2, 0) is 11.3 Å². The summed E-state index contributed by atoms with van der Waals surface area (Å²) in [6, 6.07) is 6.94. The number of nitrogens with one attached hydrogen (secondary N) is 1. The number of aromatic nitrogens is 2. The number of nitrogens with zero attached hydrogens (tertiary/aromatic N) is 1. The lowest BCUT2D eigenvalue weighted by atomic mass is 10.1. The van der Waals surface area contributed by atoms with Crippen molar-refractivity contribution in [2.75, 3.05) is 20.8 Å². The molecule has 0 aliphatic rings. The van der Waals surface area contributed by atoms with E-state index in [2.05, 4.69) is 4.98 Å². The predicted molar refractivity (Wildman–Crippen MR) is 96.8 cm³/mol. The van der Waals surface area contributed by atoms with Gasteiger partial charge < -0.3 is 24.9 Å². The number of carbonyl (C=O) groups is 1. The molecule has 1 aromatic heterocycles. The Morgan fingerprint density at radius 2 is 2.00 bits per heavy atom. The first-order valence-corrected chi connectivity index (χ1v) is 7.77. The maximum atomic E-state index is 11.8. The fraction of sp³-hybridized carbons (Fsp3) is 0.312. The van der Waals surface area contributed by atoms with Crippen molar-refractivity contribution < 1.29 is 19.4 Å². The van der Waals surface area contributed by atoms with Gasteiger partial charge in [0.15, 0.2) is 4.77 Å². The number of benzene rings is 1. The minimum atomic E-state index is -0.250. The summed E-state index contributed by atoms with van der Waals surface area (Å²) < 4.78 is 12.8. The molecule has 0 saturated heterocycles. The lowest BCUT2D eigenvalue weighted by Crippen LogP contribution is -2.16. The first-order chi connectivity index (χ1) is 12.0. The summed E-state index contributed by atoms with van der Waals surface area (Å²) in [5.41, 5.74) is 6.80. The van der Waals surface area contributed by atoms with Crippen LogP contribution in [0.4, 0.5) is 0 Å². The molecule has 2 rings (SSSR count). The predicted octanol–water partition coefficient (Wildman–Crippen LogP) is 1.64. The van der Waals surface area contributed by atoms with Crippen LogP contribution in [0.1, 0.15) is 6.42 Å². The van der Waals surface area contributed by atoms with Gasteiger partial charge in [-0.2, -0.15) is 0 Å². The molecule has 0 radical (unpaired) electrons. The van der Waals surface area contributed by atoms with E-state index in [1.54, 1.807) is 20.3 Å². The van der Waals surface area contributed by atoms with Gasteiger partial charge in [0, 0.05) is 24.2 Å². The quantitative estimate of drug-likeness (QED) is 0.524. The average Bonchev–Trinajstić information content (AvgIpc) is 2.60. The topological polar surface area (TPSA) is 120 Å². The Morgan fingerprint density at radius 3 is 2.56 bits per heavy atom. The van der Waals surface area contributed by atoms with Crippen molar-refractivity contribution in [3.63, 3.8) is 0 Å². The molecular formula is C16H21N3O5S. The number of aromatic amines is 1. The van der Waals surface area contributed by atoms with Crippen LogP contribution in [0.5, 0.6) is 11.5 Å². The van der Waals surface area contributed by atoms with Crippen molar-refractivity contribution in [2.24, 2.45) is 5.73 Å². The van der Waals surface area contributed by atoms with Crippen molar-refractivity contribution in [1.29, 1.82) is 0 Å². The van der Waals surface area contributed by atoms with Gasteiger partial charge in [0.25, 0.3) is 12.0 Å². The molecule has 0 fully saturated rings. The number of carboxylic acid groups (broad SMARTS) is 1. The second-order valence-electron chi connectivity index (χ2n) is 4.79. The van der Waals surface area contributed by atoms with Gasteiger partial charge in [-0.15, -0.1) is 0 Å². The molecule has 0 aliphatic heterocycles. The largest absolute Gasteiger partial charge is 0.497 e. The van der Waals surface area contributed by atoms with Crippen LogP contribution in [0.25, 0.3) is 11.3 Å². The fourth-order valence-electron chi connectivity index (χ4n) is 2.23. The summed E-state index contributed by atoms with van der Waals surface area (Å²) in [5, 5.41) is 6.89. The summed E-state index contributed by atoms with van der Waals surface area (Å²) >= 11 is 5.27. The molecule has 8 nitrogen and oxygen atoms in total. The van der Waals surface area contributed by atoms with Gasteiger partial charge in [0.1, 0.15) is 11.5 Å². The number of ether oxygens (including phenoxy) is 2. The Labute approximate surface area is 149 Å². The molecule has 0 bridgehead atoms. The maximum Gasteiger partial charge on any atom is 0.290 e. The highest BCUT2D eigenvalue weighted by Gasteiger charge is 2.12. The van der Waals surface area contributed by atoms with E-state index in [1.807, 2.05) is 16.7 Å². The van der Waals surface area contributed by atoms with E-state index in [9.17, 15) is 4.79 Å². The summed E-state index contributed by atoms with van der Waals surface area (Å²) in [6.45, 7) is 0.913. The molecule has 136 valence electrons. The van der Waals surface area contributed by atoms with E-state index in [0.717, 1.165) is 12.0 Å². The standard InChI is InChI=1S/C15H19N3O3S.CH2O2/c1-20-10-4-5-11(13(8-10)21-2)12-9-14(19)17-15(22)18(12)7-3-6-16;2-1-3/h4-5,8-9H,3,6-7,16H2,1-2H3,(H,17,19,22);1H,(H,2,3). The van der Waals surface area contributed by atoms with Gasteiger partial charge in [-0.05, 0) is 37.3 Å². The number of methoxy groups -OCH3 is 2. The zero-order valence-electron chi connectivity index (χ0n) is 14.0. The molecule has 0 atom stereocenters. The first kappa shape index (κ1) is 20.4. The first-order valence-electron chi connectivity index (χ1n) is 7.36. The molecule has 0 spiro atoms. The lowest BCUT2D eigenvalue weighted by Gasteiger charge is -2.16.